The summed E-state index contributed by atoms with van der Waals surface area (Å²) in [7, 11) is 1.94. The molecule has 1 N–H and O–H groups in total. The molecule has 1 aromatic rings. The van der Waals surface area contributed by atoms with Crippen LogP contribution in [0.2, 0.25) is 5.02 Å². The van der Waals surface area contributed by atoms with Gasteiger partial charge in [0, 0.05) is 25.8 Å². The van der Waals surface area contributed by atoms with Gasteiger partial charge in [-0.05, 0) is 49.8 Å². The summed E-state index contributed by atoms with van der Waals surface area (Å²) in [6.45, 7) is 3.03. The molecule has 1 spiro atoms. The monoisotopic (exact) mass is 307 g/mol. The fourth-order valence-corrected chi connectivity index (χ4v) is 4.31. The summed E-state index contributed by atoms with van der Waals surface area (Å²) in [5.41, 5.74) is 1.78. The summed E-state index contributed by atoms with van der Waals surface area (Å²) in [5.74, 6) is 0.974. The van der Waals surface area contributed by atoms with E-state index in [4.69, 9.17) is 11.6 Å². The first-order chi connectivity index (χ1) is 10.2. The Hall–Kier alpha value is -0.800. The Kier molecular flexibility index (Phi) is 4.70. The number of anilines is 1. The summed E-state index contributed by atoms with van der Waals surface area (Å²) in [4.78, 5) is 6.99. The molecular formula is C17H26ClN3. The van der Waals surface area contributed by atoms with E-state index in [-0.39, 0.29) is 0 Å². The zero-order valence-electron chi connectivity index (χ0n) is 13.0. The lowest BCUT2D eigenvalue weighted by molar-refractivity contribution is 0.144. The summed E-state index contributed by atoms with van der Waals surface area (Å²) in [6.07, 6.45) is 11.7. The standard InChI is InChI=1S/C17H26ClN3/c1-19-12-14-11-15(18)16(20-13-14)21-9-7-17(8-10-21)5-3-2-4-6-17/h11,13,19H,2-10,12H2,1H3. The van der Waals surface area contributed by atoms with E-state index in [2.05, 4.69) is 15.2 Å². The van der Waals surface area contributed by atoms with Crippen molar-refractivity contribution in [2.24, 2.45) is 5.41 Å². The van der Waals surface area contributed by atoms with Gasteiger partial charge in [-0.2, -0.15) is 0 Å². The Morgan fingerprint density at radius 2 is 1.90 bits per heavy atom. The quantitative estimate of drug-likeness (QED) is 0.914. The first-order valence-corrected chi connectivity index (χ1v) is 8.64. The molecule has 0 atom stereocenters. The molecule has 1 saturated carbocycles. The average molecular weight is 308 g/mol. The normalized spacial score (nSPS) is 21.7. The number of hydrogen-bond donors (Lipinski definition) is 1. The summed E-state index contributed by atoms with van der Waals surface area (Å²) in [6, 6.07) is 2.05. The highest BCUT2D eigenvalue weighted by Gasteiger charge is 2.36. The molecule has 1 aliphatic carbocycles. The van der Waals surface area contributed by atoms with Gasteiger partial charge in [-0.25, -0.2) is 4.98 Å². The summed E-state index contributed by atoms with van der Waals surface area (Å²) in [5, 5.41) is 3.93. The second-order valence-corrected chi connectivity index (χ2v) is 7.13. The zero-order valence-corrected chi connectivity index (χ0v) is 13.8. The predicted octanol–water partition coefficient (Wildman–Crippen LogP) is 4.01. The van der Waals surface area contributed by atoms with Crippen LogP contribution in [-0.2, 0) is 6.54 Å². The maximum Gasteiger partial charge on any atom is 0.147 e. The molecule has 0 aromatic carbocycles. The Bertz CT molecular complexity index is 473. The second-order valence-electron chi connectivity index (χ2n) is 6.73. The van der Waals surface area contributed by atoms with Gasteiger partial charge in [0.25, 0.3) is 0 Å². The number of nitrogens with one attached hydrogen (secondary N) is 1. The highest BCUT2D eigenvalue weighted by atomic mass is 35.5. The van der Waals surface area contributed by atoms with Crippen LogP contribution in [0.1, 0.15) is 50.5 Å². The van der Waals surface area contributed by atoms with Gasteiger partial charge >= 0.3 is 0 Å². The minimum Gasteiger partial charge on any atom is -0.355 e. The average Bonchev–Trinajstić information content (AvgIpc) is 2.50. The van der Waals surface area contributed by atoms with Crippen LogP contribution in [0, 0.1) is 5.41 Å². The topological polar surface area (TPSA) is 28.2 Å². The molecule has 21 heavy (non-hydrogen) atoms. The molecule has 0 bridgehead atoms. The minimum atomic E-state index is 0.632. The largest absolute Gasteiger partial charge is 0.355 e. The van der Waals surface area contributed by atoms with Gasteiger partial charge in [-0.15, -0.1) is 0 Å². The third-order valence-corrected chi connectivity index (χ3v) is 5.58. The predicted molar refractivity (Wildman–Crippen MR) is 89.0 cm³/mol. The lowest BCUT2D eigenvalue weighted by atomic mass is 9.68. The maximum absolute atomic E-state index is 6.44. The van der Waals surface area contributed by atoms with Crippen molar-refractivity contribution in [2.75, 3.05) is 25.0 Å². The van der Waals surface area contributed by atoms with E-state index in [9.17, 15) is 0 Å². The van der Waals surface area contributed by atoms with Gasteiger partial charge in [-0.1, -0.05) is 30.9 Å². The van der Waals surface area contributed by atoms with Crippen molar-refractivity contribution >= 4 is 17.4 Å². The Balaban J connectivity index is 1.66. The van der Waals surface area contributed by atoms with E-state index in [1.165, 1.54) is 44.9 Å². The van der Waals surface area contributed by atoms with E-state index >= 15 is 0 Å². The van der Waals surface area contributed by atoms with Crippen molar-refractivity contribution in [3.63, 3.8) is 0 Å². The van der Waals surface area contributed by atoms with Gasteiger partial charge < -0.3 is 10.2 Å². The van der Waals surface area contributed by atoms with Crippen LogP contribution in [-0.4, -0.2) is 25.1 Å². The molecule has 1 aliphatic heterocycles. The van der Waals surface area contributed by atoms with Crippen molar-refractivity contribution in [2.45, 2.75) is 51.5 Å². The van der Waals surface area contributed by atoms with Crippen molar-refractivity contribution in [1.82, 2.24) is 10.3 Å². The number of rotatable bonds is 3. The fraction of sp³-hybridized carbons (Fsp3) is 0.706. The molecule has 1 saturated heterocycles. The van der Waals surface area contributed by atoms with Crippen LogP contribution in [0.25, 0.3) is 0 Å². The number of pyridine rings is 1. The fourth-order valence-electron chi connectivity index (χ4n) is 4.00. The molecule has 0 unspecified atom stereocenters. The highest BCUT2D eigenvalue weighted by molar-refractivity contribution is 6.33. The molecule has 3 rings (SSSR count). The van der Waals surface area contributed by atoms with Crippen molar-refractivity contribution < 1.29 is 0 Å². The molecule has 2 aliphatic rings. The molecule has 3 nitrogen and oxygen atoms in total. The number of piperidine rings is 1. The zero-order chi connectivity index (χ0) is 14.7. The second kappa shape index (κ2) is 6.53. The van der Waals surface area contributed by atoms with E-state index in [0.717, 1.165) is 36.0 Å². The van der Waals surface area contributed by atoms with Gasteiger partial charge in [0.15, 0.2) is 0 Å². The van der Waals surface area contributed by atoms with Crippen LogP contribution in [0.5, 0.6) is 0 Å². The lowest BCUT2D eigenvalue weighted by Crippen LogP contribution is -2.41. The van der Waals surface area contributed by atoms with Crippen LogP contribution in [0.4, 0.5) is 5.82 Å². The molecule has 2 fully saturated rings. The highest BCUT2D eigenvalue weighted by Crippen LogP contribution is 2.45. The lowest BCUT2D eigenvalue weighted by Gasteiger charge is -2.44. The number of hydrogen-bond acceptors (Lipinski definition) is 3. The molecule has 0 amide bonds. The Morgan fingerprint density at radius 3 is 2.52 bits per heavy atom. The van der Waals surface area contributed by atoms with Crippen molar-refractivity contribution in [3.05, 3.63) is 22.8 Å². The molecule has 0 radical (unpaired) electrons. The van der Waals surface area contributed by atoms with Crippen LogP contribution >= 0.6 is 11.6 Å². The van der Waals surface area contributed by atoms with Crippen LogP contribution in [0.3, 0.4) is 0 Å². The van der Waals surface area contributed by atoms with E-state index < -0.39 is 0 Å². The Labute approximate surface area is 133 Å². The summed E-state index contributed by atoms with van der Waals surface area (Å²) < 4.78 is 0. The van der Waals surface area contributed by atoms with Gasteiger partial charge in [0.05, 0.1) is 5.02 Å². The van der Waals surface area contributed by atoms with Gasteiger partial charge in [-0.3, -0.25) is 0 Å². The maximum atomic E-state index is 6.44. The molecule has 4 heteroatoms. The molecular weight excluding hydrogens is 282 g/mol. The number of aromatic nitrogens is 1. The smallest absolute Gasteiger partial charge is 0.147 e. The van der Waals surface area contributed by atoms with Crippen LogP contribution < -0.4 is 10.2 Å². The van der Waals surface area contributed by atoms with Gasteiger partial charge in [0.2, 0.25) is 0 Å². The van der Waals surface area contributed by atoms with E-state index in [1.54, 1.807) is 0 Å². The SMILES string of the molecule is CNCc1cnc(N2CCC3(CCCCC3)CC2)c(Cl)c1. The van der Waals surface area contributed by atoms with E-state index in [1.807, 2.05) is 19.3 Å². The van der Waals surface area contributed by atoms with Crippen molar-refractivity contribution in [3.8, 4) is 0 Å². The van der Waals surface area contributed by atoms with E-state index in [0.29, 0.717) is 5.41 Å². The molecule has 1 aromatic heterocycles. The number of halogens is 1. The van der Waals surface area contributed by atoms with Gasteiger partial charge in [0.1, 0.15) is 5.82 Å². The number of nitrogens with zero attached hydrogens (tertiary/aromatic N) is 2. The molecule has 116 valence electrons. The first kappa shape index (κ1) is 15.1. The third kappa shape index (κ3) is 3.35. The summed E-state index contributed by atoms with van der Waals surface area (Å²) >= 11 is 6.44. The minimum absolute atomic E-state index is 0.632. The third-order valence-electron chi connectivity index (χ3n) is 5.30. The van der Waals surface area contributed by atoms with Crippen LogP contribution in [0.15, 0.2) is 12.3 Å². The molecule has 2 heterocycles. The Morgan fingerprint density at radius 1 is 1.19 bits per heavy atom. The first-order valence-electron chi connectivity index (χ1n) is 8.26. The van der Waals surface area contributed by atoms with Crippen molar-refractivity contribution in [1.29, 1.82) is 0 Å².